The molecule has 3 nitrogen and oxygen atoms in total. The quantitative estimate of drug-likeness (QED) is 0.791. The molecule has 0 aromatic carbocycles. The molecule has 2 fully saturated rings. The summed E-state index contributed by atoms with van der Waals surface area (Å²) in [5.41, 5.74) is 6.95. The lowest BCUT2D eigenvalue weighted by atomic mass is 9.68. The first-order valence-corrected chi connectivity index (χ1v) is 7.49. The van der Waals surface area contributed by atoms with Crippen LogP contribution in [0.3, 0.4) is 0 Å². The third-order valence-electron chi connectivity index (χ3n) is 5.05. The van der Waals surface area contributed by atoms with E-state index in [2.05, 4.69) is 18.7 Å². The lowest BCUT2D eigenvalue weighted by Gasteiger charge is -2.50. The molecule has 106 valence electrons. The second-order valence-electron chi connectivity index (χ2n) is 7.01. The second kappa shape index (κ2) is 5.48. The number of nitrogens with zero attached hydrogens (tertiary/aromatic N) is 1. The first-order chi connectivity index (χ1) is 8.53. The van der Waals surface area contributed by atoms with Crippen LogP contribution in [0.15, 0.2) is 0 Å². The molecule has 0 bridgehead atoms. The van der Waals surface area contributed by atoms with Gasteiger partial charge in [0.1, 0.15) is 0 Å². The number of hydrogen-bond acceptors (Lipinski definition) is 3. The second-order valence-corrected chi connectivity index (χ2v) is 7.01. The summed E-state index contributed by atoms with van der Waals surface area (Å²) in [4.78, 5) is 2.69. The van der Waals surface area contributed by atoms with Crippen molar-refractivity contribution in [2.24, 2.45) is 11.1 Å². The Morgan fingerprint density at radius 1 is 1.17 bits per heavy atom. The molecule has 0 radical (unpaired) electrons. The largest absolute Gasteiger partial charge is 0.383 e. The highest BCUT2D eigenvalue weighted by Crippen LogP contribution is 2.45. The smallest absolute Gasteiger partial charge is 0.0590 e. The lowest BCUT2D eigenvalue weighted by Crippen LogP contribution is -2.58. The minimum Gasteiger partial charge on any atom is -0.383 e. The van der Waals surface area contributed by atoms with E-state index in [-0.39, 0.29) is 5.54 Å². The van der Waals surface area contributed by atoms with Crippen LogP contribution in [-0.4, -0.2) is 43.3 Å². The number of hydrogen-bond donors (Lipinski definition) is 1. The van der Waals surface area contributed by atoms with Crippen molar-refractivity contribution >= 4 is 0 Å². The van der Waals surface area contributed by atoms with Crippen molar-refractivity contribution in [1.82, 2.24) is 4.90 Å². The van der Waals surface area contributed by atoms with Gasteiger partial charge in [0, 0.05) is 31.8 Å². The van der Waals surface area contributed by atoms with Crippen LogP contribution in [-0.2, 0) is 4.74 Å². The monoisotopic (exact) mass is 254 g/mol. The third kappa shape index (κ3) is 3.06. The molecule has 0 aromatic heterocycles. The Balaban J connectivity index is 2.04. The Bertz CT molecular complexity index is 264. The van der Waals surface area contributed by atoms with Crippen LogP contribution in [0.1, 0.15) is 52.4 Å². The van der Waals surface area contributed by atoms with E-state index in [0.717, 1.165) is 25.7 Å². The van der Waals surface area contributed by atoms with Gasteiger partial charge in [-0.2, -0.15) is 0 Å². The van der Waals surface area contributed by atoms with Crippen molar-refractivity contribution < 1.29 is 4.74 Å². The lowest BCUT2D eigenvalue weighted by molar-refractivity contribution is 0.00166. The molecule has 2 rings (SSSR count). The average Bonchev–Trinajstić information content (AvgIpc) is 3.16. The average molecular weight is 254 g/mol. The molecule has 0 aliphatic heterocycles. The Morgan fingerprint density at radius 2 is 1.78 bits per heavy atom. The summed E-state index contributed by atoms with van der Waals surface area (Å²) in [7, 11) is 1.80. The molecule has 0 heterocycles. The Kier molecular flexibility index (Phi) is 4.35. The Hall–Kier alpha value is -0.120. The maximum atomic E-state index is 6.18. The van der Waals surface area contributed by atoms with Crippen molar-refractivity contribution in [3.8, 4) is 0 Å². The van der Waals surface area contributed by atoms with Gasteiger partial charge < -0.3 is 10.5 Å². The molecule has 2 aliphatic rings. The van der Waals surface area contributed by atoms with Crippen molar-refractivity contribution in [3.63, 3.8) is 0 Å². The van der Waals surface area contributed by atoms with Gasteiger partial charge in [-0.15, -0.1) is 0 Å². The van der Waals surface area contributed by atoms with Gasteiger partial charge in [-0.25, -0.2) is 0 Å². The van der Waals surface area contributed by atoms with Crippen molar-refractivity contribution in [3.05, 3.63) is 0 Å². The van der Waals surface area contributed by atoms with E-state index in [1.807, 2.05) is 0 Å². The summed E-state index contributed by atoms with van der Waals surface area (Å²) < 4.78 is 5.29. The molecule has 2 saturated carbocycles. The minimum atomic E-state index is 0.259. The standard InChI is InChI=1S/C15H30N2O/c1-14(2)6-8-15(12-16,9-7-14)17(10-11-18-3)13-4-5-13/h13H,4-12,16H2,1-3H3. The van der Waals surface area contributed by atoms with E-state index in [1.165, 1.54) is 38.5 Å². The van der Waals surface area contributed by atoms with E-state index in [9.17, 15) is 0 Å². The molecule has 2 aliphatic carbocycles. The Labute approximate surface area is 112 Å². The number of rotatable bonds is 6. The summed E-state index contributed by atoms with van der Waals surface area (Å²) in [6.45, 7) is 7.48. The van der Waals surface area contributed by atoms with Gasteiger partial charge in [-0.3, -0.25) is 4.90 Å². The zero-order valence-corrected chi connectivity index (χ0v) is 12.4. The molecule has 0 atom stereocenters. The fourth-order valence-corrected chi connectivity index (χ4v) is 3.38. The van der Waals surface area contributed by atoms with E-state index in [4.69, 9.17) is 10.5 Å². The van der Waals surface area contributed by atoms with Gasteiger partial charge in [0.15, 0.2) is 0 Å². The van der Waals surface area contributed by atoms with Gasteiger partial charge in [-0.05, 0) is 43.9 Å². The summed E-state index contributed by atoms with van der Waals surface area (Å²) in [6, 6.07) is 0.782. The highest BCUT2D eigenvalue weighted by molar-refractivity contribution is 5.02. The van der Waals surface area contributed by atoms with Crippen LogP contribution in [0.25, 0.3) is 0 Å². The maximum absolute atomic E-state index is 6.18. The molecule has 2 N–H and O–H groups in total. The normalized spacial score (nSPS) is 26.5. The molecular weight excluding hydrogens is 224 g/mol. The summed E-state index contributed by atoms with van der Waals surface area (Å²) >= 11 is 0. The van der Waals surface area contributed by atoms with Crippen molar-refractivity contribution in [2.75, 3.05) is 26.8 Å². The summed E-state index contributed by atoms with van der Waals surface area (Å²) in [5, 5.41) is 0. The molecule has 0 unspecified atom stereocenters. The molecular formula is C15H30N2O. The van der Waals surface area contributed by atoms with Crippen LogP contribution >= 0.6 is 0 Å². The zero-order valence-electron chi connectivity index (χ0n) is 12.4. The van der Waals surface area contributed by atoms with Gasteiger partial charge in [0.2, 0.25) is 0 Å². The van der Waals surface area contributed by atoms with Crippen molar-refractivity contribution in [1.29, 1.82) is 0 Å². The molecule has 0 aromatic rings. The third-order valence-corrected chi connectivity index (χ3v) is 5.05. The summed E-state index contributed by atoms with van der Waals surface area (Å²) in [6.07, 6.45) is 7.85. The van der Waals surface area contributed by atoms with Gasteiger partial charge in [0.05, 0.1) is 6.61 Å². The minimum absolute atomic E-state index is 0.259. The first-order valence-electron chi connectivity index (χ1n) is 7.49. The topological polar surface area (TPSA) is 38.5 Å². The SMILES string of the molecule is COCCN(C1CC1)C1(CN)CCC(C)(C)CC1. The van der Waals surface area contributed by atoms with Gasteiger partial charge in [0.25, 0.3) is 0 Å². The zero-order chi connectivity index (χ0) is 13.2. The van der Waals surface area contributed by atoms with Crippen molar-refractivity contribution in [2.45, 2.75) is 64.0 Å². The predicted octanol–water partition coefficient (Wildman–Crippen LogP) is 2.39. The molecule has 0 saturated heterocycles. The van der Waals surface area contributed by atoms with E-state index < -0.39 is 0 Å². The van der Waals surface area contributed by atoms with E-state index in [1.54, 1.807) is 7.11 Å². The Morgan fingerprint density at radius 3 is 2.22 bits per heavy atom. The predicted molar refractivity (Wildman–Crippen MR) is 75.6 cm³/mol. The van der Waals surface area contributed by atoms with E-state index >= 15 is 0 Å². The number of nitrogens with two attached hydrogens (primary N) is 1. The fourth-order valence-electron chi connectivity index (χ4n) is 3.38. The van der Waals surface area contributed by atoms with Gasteiger partial charge >= 0.3 is 0 Å². The fraction of sp³-hybridized carbons (Fsp3) is 1.00. The van der Waals surface area contributed by atoms with Gasteiger partial charge in [-0.1, -0.05) is 13.8 Å². The highest BCUT2D eigenvalue weighted by atomic mass is 16.5. The van der Waals surface area contributed by atoms with E-state index in [0.29, 0.717) is 5.41 Å². The van der Waals surface area contributed by atoms with Crippen LogP contribution in [0.2, 0.25) is 0 Å². The molecule has 0 spiro atoms. The molecule has 0 amide bonds. The molecule has 18 heavy (non-hydrogen) atoms. The highest BCUT2D eigenvalue weighted by Gasteiger charge is 2.46. The van der Waals surface area contributed by atoms with Crippen LogP contribution in [0, 0.1) is 5.41 Å². The molecule has 3 heteroatoms. The maximum Gasteiger partial charge on any atom is 0.0590 e. The number of methoxy groups -OCH3 is 1. The summed E-state index contributed by atoms with van der Waals surface area (Å²) in [5.74, 6) is 0. The van der Waals surface area contributed by atoms with Crippen LogP contribution in [0.5, 0.6) is 0 Å². The van der Waals surface area contributed by atoms with Crippen LogP contribution < -0.4 is 5.73 Å². The number of ether oxygens (including phenoxy) is 1. The van der Waals surface area contributed by atoms with Crippen LogP contribution in [0.4, 0.5) is 0 Å². The first kappa shape index (κ1) is 14.3.